The van der Waals surface area contributed by atoms with Crippen LogP contribution in [-0.2, 0) is 14.4 Å². The lowest BCUT2D eigenvalue weighted by atomic mass is 10.1. The Balaban J connectivity index is 2.10. The molecule has 2 aromatic rings. The number of nitrogens with zero attached hydrogens (tertiary/aromatic N) is 2. The summed E-state index contributed by atoms with van der Waals surface area (Å²) >= 11 is 0. The van der Waals surface area contributed by atoms with Gasteiger partial charge in [0.1, 0.15) is 0 Å². The van der Waals surface area contributed by atoms with Gasteiger partial charge in [0.25, 0.3) is 0 Å². The van der Waals surface area contributed by atoms with Crippen LogP contribution in [0.4, 0.5) is 11.4 Å². The smallest absolute Gasteiger partial charge is 0.238 e. The van der Waals surface area contributed by atoms with Crippen molar-refractivity contribution < 1.29 is 14.4 Å². The zero-order chi connectivity index (χ0) is 24.4. The van der Waals surface area contributed by atoms with E-state index in [1.165, 1.54) is 4.90 Å². The molecule has 3 amide bonds. The van der Waals surface area contributed by atoms with Crippen LogP contribution in [0.25, 0.3) is 0 Å². The second-order valence-corrected chi connectivity index (χ2v) is 8.03. The number of carbonyl (C=O) groups excluding carboxylic acids is 3. The van der Waals surface area contributed by atoms with E-state index >= 15 is 0 Å². The summed E-state index contributed by atoms with van der Waals surface area (Å²) in [6, 6.07) is 13.4. The molecular formula is C25H31N5O3. The molecule has 2 aromatic carbocycles. The van der Waals surface area contributed by atoms with Crippen molar-refractivity contribution >= 4 is 29.1 Å². The highest BCUT2D eigenvalue weighted by atomic mass is 16.2. The van der Waals surface area contributed by atoms with E-state index in [9.17, 15) is 14.4 Å². The fraction of sp³-hybridized carbons (Fsp3) is 0.360. The van der Waals surface area contributed by atoms with E-state index in [0.29, 0.717) is 0 Å². The minimum Gasteiger partial charge on any atom is -0.354 e. The molecule has 0 aliphatic heterocycles. The molecule has 0 unspecified atom stereocenters. The number of nitriles is 1. The zero-order valence-electron chi connectivity index (χ0n) is 19.6. The number of rotatable bonds is 10. The number of nitrogens with one attached hydrogen (secondary N) is 3. The molecule has 0 saturated heterocycles. The Kier molecular flexibility index (Phi) is 9.58. The molecule has 3 N–H and O–H groups in total. The number of para-hydroxylation sites is 2. The van der Waals surface area contributed by atoms with Gasteiger partial charge in [-0.15, -0.1) is 0 Å². The minimum absolute atomic E-state index is 0.139. The summed E-state index contributed by atoms with van der Waals surface area (Å²) in [5.41, 5.74) is 5.16. The topological polar surface area (TPSA) is 114 Å². The molecule has 0 bridgehead atoms. The summed E-state index contributed by atoms with van der Waals surface area (Å²) in [7, 11) is 0. The molecule has 33 heavy (non-hydrogen) atoms. The molecule has 0 radical (unpaired) electrons. The molecule has 0 heterocycles. The molecule has 2 rings (SSSR count). The number of aryl methyl sites for hydroxylation is 4. The lowest BCUT2D eigenvalue weighted by Crippen LogP contribution is -2.44. The van der Waals surface area contributed by atoms with Gasteiger partial charge in [0.15, 0.2) is 0 Å². The van der Waals surface area contributed by atoms with Gasteiger partial charge in [-0.2, -0.15) is 5.26 Å². The fourth-order valence-corrected chi connectivity index (χ4v) is 3.47. The Morgan fingerprint density at radius 3 is 1.55 bits per heavy atom. The van der Waals surface area contributed by atoms with Crippen molar-refractivity contribution in [3.05, 3.63) is 58.7 Å². The van der Waals surface area contributed by atoms with E-state index in [0.717, 1.165) is 33.6 Å². The van der Waals surface area contributed by atoms with Gasteiger partial charge < -0.3 is 16.0 Å². The van der Waals surface area contributed by atoms with Crippen molar-refractivity contribution in [2.75, 3.05) is 36.8 Å². The molecule has 174 valence electrons. The summed E-state index contributed by atoms with van der Waals surface area (Å²) in [6.07, 6.45) is 0.186. The van der Waals surface area contributed by atoms with E-state index in [4.69, 9.17) is 5.26 Å². The molecule has 0 aliphatic carbocycles. The third-order valence-electron chi connectivity index (χ3n) is 5.15. The van der Waals surface area contributed by atoms with Gasteiger partial charge in [-0.05, 0) is 49.9 Å². The fourth-order valence-electron chi connectivity index (χ4n) is 3.47. The first-order chi connectivity index (χ1) is 15.7. The van der Waals surface area contributed by atoms with Crippen LogP contribution in [0.3, 0.4) is 0 Å². The van der Waals surface area contributed by atoms with Gasteiger partial charge in [0.05, 0.1) is 32.1 Å². The predicted octanol–water partition coefficient (Wildman–Crippen LogP) is 2.83. The lowest BCUT2D eigenvalue weighted by molar-refractivity contribution is -0.124. The number of amides is 3. The van der Waals surface area contributed by atoms with Crippen molar-refractivity contribution in [2.45, 2.75) is 34.1 Å². The van der Waals surface area contributed by atoms with Crippen molar-refractivity contribution in [1.29, 1.82) is 5.26 Å². The Labute approximate surface area is 195 Å². The maximum Gasteiger partial charge on any atom is 0.238 e. The predicted molar refractivity (Wildman–Crippen MR) is 129 cm³/mol. The number of hydrogen-bond donors (Lipinski definition) is 3. The molecule has 8 nitrogen and oxygen atoms in total. The number of hydrogen-bond acceptors (Lipinski definition) is 5. The molecule has 0 fully saturated rings. The largest absolute Gasteiger partial charge is 0.354 e. The third kappa shape index (κ3) is 8.05. The Morgan fingerprint density at radius 1 is 0.758 bits per heavy atom. The Hall–Kier alpha value is -3.70. The van der Waals surface area contributed by atoms with Crippen LogP contribution in [0.2, 0.25) is 0 Å². The maximum atomic E-state index is 12.8. The standard InChI is InChI=1S/C25H31N5O3/c1-17-8-5-9-18(2)24(17)28-22(32)15-30(14-21(31)27-13-7-12-26)16-23(33)29-25-19(3)10-6-11-20(25)4/h5-6,8-11H,7,13-16H2,1-4H3,(H,27,31)(H,28,32)(H,29,33). The Morgan fingerprint density at radius 2 is 1.15 bits per heavy atom. The molecular weight excluding hydrogens is 418 g/mol. The van der Waals surface area contributed by atoms with Gasteiger partial charge >= 0.3 is 0 Å². The van der Waals surface area contributed by atoms with Crippen LogP contribution < -0.4 is 16.0 Å². The van der Waals surface area contributed by atoms with Crippen molar-refractivity contribution in [3.8, 4) is 6.07 Å². The van der Waals surface area contributed by atoms with Crippen LogP contribution in [0.1, 0.15) is 28.7 Å². The summed E-state index contributed by atoms with van der Waals surface area (Å²) < 4.78 is 0. The average Bonchev–Trinajstić information content (AvgIpc) is 2.73. The summed E-state index contributed by atoms with van der Waals surface area (Å²) in [4.78, 5) is 39.3. The van der Waals surface area contributed by atoms with Crippen LogP contribution in [-0.4, -0.2) is 48.8 Å². The number of anilines is 2. The lowest BCUT2D eigenvalue weighted by Gasteiger charge is -2.22. The highest BCUT2D eigenvalue weighted by Gasteiger charge is 2.19. The van der Waals surface area contributed by atoms with Crippen molar-refractivity contribution in [1.82, 2.24) is 10.2 Å². The number of carbonyl (C=O) groups is 3. The Bertz CT molecular complexity index is 950. The van der Waals surface area contributed by atoms with Crippen LogP contribution in [0.5, 0.6) is 0 Å². The average molecular weight is 450 g/mol. The normalized spacial score (nSPS) is 10.4. The van der Waals surface area contributed by atoms with Crippen LogP contribution in [0, 0.1) is 39.0 Å². The summed E-state index contributed by atoms with van der Waals surface area (Å²) in [5.74, 6) is -1.00. The first kappa shape index (κ1) is 25.6. The SMILES string of the molecule is Cc1cccc(C)c1NC(=O)CN(CC(=O)NCCC#N)CC(=O)Nc1c(C)cccc1C. The molecule has 0 atom stereocenters. The van der Waals surface area contributed by atoms with E-state index in [2.05, 4.69) is 16.0 Å². The van der Waals surface area contributed by atoms with E-state index in [-0.39, 0.29) is 50.3 Å². The first-order valence-electron chi connectivity index (χ1n) is 10.8. The molecule has 0 aliphatic rings. The molecule has 0 saturated carbocycles. The highest BCUT2D eigenvalue weighted by molar-refractivity contribution is 5.96. The monoisotopic (exact) mass is 449 g/mol. The molecule has 0 aromatic heterocycles. The number of benzene rings is 2. The second kappa shape index (κ2) is 12.4. The van der Waals surface area contributed by atoms with Gasteiger partial charge in [0.2, 0.25) is 17.7 Å². The van der Waals surface area contributed by atoms with E-state index in [1.54, 1.807) is 0 Å². The quantitative estimate of drug-likeness (QED) is 0.483. The highest BCUT2D eigenvalue weighted by Crippen LogP contribution is 2.20. The zero-order valence-corrected chi connectivity index (χ0v) is 19.6. The van der Waals surface area contributed by atoms with Gasteiger partial charge in [-0.1, -0.05) is 36.4 Å². The molecule has 8 heteroatoms. The second-order valence-electron chi connectivity index (χ2n) is 8.03. The van der Waals surface area contributed by atoms with Gasteiger partial charge in [-0.3, -0.25) is 19.3 Å². The minimum atomic E-state index is -0.356. The first-order valence-corrected chi connectivity index (χ1v) is 10.8. The van der Waals surface area contributed by atoms with Crippen LogP contribution >= 0.6 is 0 Å². The maximum absolute atomic E-state index is 12.8. The van der Waals surface area contributed by atoms with Gasteiger partial charge in [0, 0.05) is 17.9 Å². The third-order valence-corrected chi connectivity index (χ3v) is 5.15. The summed E-state index contributed by atoms with van der Waals surface area (Å²) in [6.45, 7) is 7.40. The van der Waals surface area contributed by atoms with Crippen molar-refractivity contribution in [2.24, 2.45) is 0 Å². The van der Waals surface area contributed by atoms with Gasteiger partial charge in [-0.25, -0.2) is 0 Å². The summed E-state index contributed by atoms with van der Waals surface area (Å²) in [5, 5.41) is 17.1. The van der Waals surface area contributed by atoms with E-state index < -0.39 is 0 Å². The van der Waals surface area contributed by atoms with Crippen molar-refractivity contribution in [3.63, 3.8) is 0 Å². The molecule has 0 spiro atoms. The van der Waals surface area contributed by atoms with Crippen LogP contribution in [0.15, 0.2) is 36.4 Å². The van der Waals surface area contributed by atoms with E-state index in [1.807, 2.05) is 70.2 Å².